The number of phenols is 1. The maximum absolute atomic E-state index is 10.8. The minimum Gasteiger partial charge on any atom is -0.508 e. The fourth-order valence-electron chi connectivity index (χ4n) is 1.96. The molecule has 21 heavy (non-hydrogen) atoms. The van der Waals surface area contributed by atoms with Crippen molar-refractivity contribution in [2.24, 2.45) is 0 Å². The van der Waals surface area contributed by atoms with Crippen molar-refractivity contribution < 1.29 is 10.0 Å². The number of hydrogen-bond acceptors (Lipinski definition) is 5. The third-order valence-electron chi connectivity index (χ3n) is 2.95. The molecule has 104 valence electrons. The summed E-state index contributed by atoms with van der Waals surface area (Å²) in [5, 5.41) is 22.9. The zero-order valence-electron chi connectivity index (χ0n) is 10.8. The molecule has 5 nitrogen and oxygen atoms in total. The number of thiazole rings is 1. The number of rotatable bonds is 3. The van der Waals surface area contributed by atoms with Crippen LogP contribution in [0.25, 0.3) is 21.8 Å². The van der Waals surface area contributed by atoms with Crippen LogP contribution in [0.2, 0.25) is 0 Å². The smallest absolute Gasteiger partial charge is 0.270 e. The molecule has 0 fully saturated rings. The van der Waals surface area contributed by atoms with Crippen LogP contribution in [0.3, 0.4) is 0 Å². The van der Waals surface area contributed by atoms with E-state index in [1.54, 1.807) is 30.3 Å². The number of nitrogens with zero attached hydrogens (tertiary/aromatic N) is 2. The number of aromatic hydroxyl groups is 1. The number of nitro groups is 1. The first-order chi connectivity index (χ1) is 10.1. The Bertz CT molecular complexity index is 814. The molecule has 0 radical (unpaired) electrons. The van der Waals surface area contributed by atoms with Crippen LogP contribution in [-0.2, 0) is 0 Å². The lowest BCUT2D eigenvalue weighted by molar-refractivity contribution is -0.384. The first-order valence-corrected chi connectivity index (χ1v) is 7.01. The van der Waals surface area contributed by atoms with Crippen LogP contribution in [-0.4, -0.2) is 15.0 Å². The van der Waals surface area contributed by atoms with Gasteiger partial charge < -0.3 is 5.11 Å². The molecule has 0 atom stereocenters. The van der Waals surface area contributed by atoms with E-state index in [4.69, 9.17) is 0 Å². The average molecular weight is 298 g/mol. The van der Waals surface area contributed by atoms with Gasteiger partial charge in [0.2, 0.25) is 0 Å². The van der Waals surface area contributed by atoms with Crippen LogP contribution >= 0.6 is 11.3 Å². The Morgan fingerprint density at radius 2 is 1.86 bits per heavy atom. The van der Waals surface area contributed by atoms with Gasteiger partial charge in [0.1, 0.15) is 10.8 Å². The van der Waals surface area contributed by atoms with Gasteiger partial charge in [-0.25, -0.2) is 4.98 Å². The third-order valence-corrected chi connectivity index (χ3v) is 3.84. The lowest BCUT2D eigenvalue weighted by Gasteiger charge is -1.98. The number of phenolic OH excluding ortho intramolecular Hbond substituents is 1. The molecule has 0 amide bonds. The van der Waals surface area contributed by atoms with Gasteiger partial charge in [0, 0.05) is 28.6 Å². The van der Waals surface area contributed by atoms with E-state index in [2.05, 4.69) is 4.98 Å². The summed E-state index contributed by atoms with van der Waals surface area (Å²) >= 11 is 1.43. The second-order valence-corrected chi connectivity index (χ2v) is 5.25. The predicted molar refractivity (Wildman–Crippen MR) is 81.3 cm³/mol. The van der Waals surface area contributed by atoms with Crippen molar-refractivity contribution in [3.8, 4) is 27.6 Å². The van der Waals surface area contributed by atoms with E-state index in [1.807, 2.05) is 11.4 Å². The Balaban J connectivity index is 1.98. The largest absolute Gasteiger partial charge is 0.508 e. The number of aromatic nitrogens is 1. The van der Waals surface area contributed by atoms with Crippen molar-refractivity contribution >= 4 is 17.0 Å². The minimum atomic E-state index is -0.425. The van der Waals surface area contributed by atoms with E-state index in [9.17, 15) is 15.2 Å². The van der Waals surface area contributed by atoms with Gasteiger partial charge in [-0.3, -0.25) is 10.1 Å². The summed E-state index contributed by atoms with van der Waals surface area (Å²) in [6, 6.07) is 13.2. The van der Waals surface area contributed by atoms with Gasteiger partial charge in [0.15, 0.2) is 0 Å². The summed E-state index contributed by atoms with van der Waals surface area (Å²) in [7, 11) is 0. The molecule has 0 spiro atoms. The monoisotopic (exact) mass is 298 g/mol. The van der Waals surface area contributed by atoms with Crippen molar-refractivity contribution in [3.63, 3.8) is 0 Å². The highest BCUT2D eigenvalue weighted by Crippen LogP contribution is 2.31. The summed E-state index contributed by atoms with van der Waals surface area (Å²) in [5.41, 5.74) is 2.24. The zero-order valence-corrected chi connectivity index (χ0v) is 11.6. The van der Waals surface area contributed by atoms with Gasteiger partial charge in [0.25, 0.3) is 5.69 Å². The molecule has 1 N–H and O–H groups in total. The summed E-state index contributed by atoms with van der Waals surface area (Å²) in [5.74, 6) is 0.180. The number of nitro benzene ring substituents is 1. The van der Waals surface area contributed by atoms with Crippen LogP contribution in [0, 0.1) is 10.1 Å². The maximum Gasteiger partial charge on any atom is 0.270 e. The maximum atomic E-state index is 10.8. The molecule has 0 saturated heterocycles. The zero-order chi connectivity index (χ0) is 14.8. The SMILES string of the molecule is O=[N+]([O-])c1cccc(-c2csc(-c3cccc(O)c3)n2)c1. The van der Waals surface area contributed by atoms with Gasteiger partial charge >= 0.3 is 0 Å². The second-order valence-electron chi connectivity index (χ2n) is 4.40. The molecule has 0 aliphatic carbocycles. The van der Waals surface area contributed by atoms with Gasteiger partial charge in [-0.05, 0) is 12.1 Å². The first-order valence-electron chi connectivity index (χ1n) is 6.13. The summed E-state index contributed by atoms with van der Waals surface area (Å²) in [6.45, 7) is 0. The molecule has 3 aromatic rings. The molecule has 0 bridgehead atoms. The Morgan fingerprint density at radius 3 is 2.62 bits per heavy atom. The highest BCUT2D eigenvalue weighted by atomic mass is 32.1. The highest BCUT2D eigenvalue weighted by Gasteiger charge is 2.11. The van der Waals surface area contributed by atoms with Gasteiger partial charge in [-0.1, -0.05) is 24.3 Å². The van der Waals surface area contributed by atoms with Crippen LogP contribution in [0.5, 0.6) is 5.75 Å². The van der Waals surface area contributed by atoms with E-state index in [1.165, 1.54) is 23.5 Å². The fraction of sp³-hybridized carbons (Fsp3) is 0. The first kappa shape index (κ1) is 13.3. The molecule has 3 rings (SSSR count). The van der Waals surface area contributed by atoms with Crippen molar-refractivity contribution in [1.82, 2.24) is 4.98 Å². The quantitative estimate of drug-likeness (QED) is 0.583. The average Bonchev–Trinajstić information content (AvgIpc) is 2.97. The Labute approximate surface area is 124 Å². The minimum absolute atomic E-state index is 0.0411. The fourth-order valence-corrected chi connectivity index (χ4v) is 2.78. The standard InChI is InChI=1S/C15H10N2O3S/c18-13-6-2-4-11(8-13)15-16-14(9-21-15)10-3-1-5-12(7-10)17(19)20/h1-9,18H. The lowest BCUT2D eigenvalue weighted by Crippen LogP contribution is -1.88. The predicted octanol–water partition coefficient (Wildman–Crippen LogP) is 4.09. The van der Waals surface area contributed by atoms with E-state index >= 15 is 0 Å². The summed E-state index contributed by atoms with van der Waals surface area (Å²) < 4.78 is 0. The van der Waals surface area contributed by atoms with Crippen LogP contribution in [0.15, 0.2) is 53.9 Å². The Hall–Kier alpha value is -2.73. The lowest BCUT2D eigenvalue weighted by atomic mass is 10.1. The highest BCUT2D eigenvalue weighted by molar-refractivity contribution is 7.13. The van der Waals surface area contributed by atoms with Gasteiger partial charge in [0.05, 0.1) is 10.6 Å². The normalized spacial score (nSPS) is 10.5. The third kappa shape index (κ3) is 2.75. The molecular weight excluding hydrogens is 288 g/mol. The molecular formula is C15H10N2O3S. The van der Waals surface area contributed by atoms with Crippen molar-refractivity contribution in [1.29, 1.82) is 0 Å². The molecule has 0 unspecified atom stereocenters. The van der Waals surface area contributed by atoms with Crippen LogP contribution in [0.1, 0.15) is 0 Å². The molecule has 0 saturated carbocycles. The van der Waals surface area contributed by atoms with Crippen LogP contribution in [0.4, 0.5) is 5.69 Å². The Morgan fingerprint density at radius 1 is 1.10 bits per heavy atom. The van der Waals surface area contributed by atoms with Gasteiger partial charge in [-0.15, -0.1) is 11.3 Å². The van der Waals surface area contributed by atoms with E-state index in [0.29, 0.717) is 11.3 Å². The van der Waals surface area contributed by atoms with Gasteiger partial charge in [-0.2, -0.15) is 0 Å². The number of non-ortho nitro benzene ring substituents is 1. The van der Waals surface area contributed by atoms with Crippen molar-refractivity contribution in [3.05, 3.63) is 64.0 Å². The topological polar surface area (TPSA) is 76.3 Å². The van der Waals surface area contributed by atoms with Crippen molar-refractivity contribution in [2.45, 2.75) is 0 Å². The van der Waals surface area contributed by atoms with Crippen molar-refractivity contribution in [2.75, 3.05) is 0 Å². The number of benzene rings is 2. The molecule has 6 heteroatoms. The summed E-state index contributed by atoms with van der Waals surface area (Å²) in [6.07, 6.45) is 0. The van der Waals surface area contributed by atoms with Crippen LogP contribution < -0.4 is 0 Å². The molecule has 0 aliphatic rings. The molecule has 1 aromatic heterocycles. The second kappa shape index (κ2) is 5.34. The van der Waals surface area contributed by atoms with E-state index in [-0.39, 0.29) is 11.4 Å². The van der Waals surface area contributed by atoms with E-state index in [0.717, 1.165) is 10.6 Å². The summed E-state index contributed by atoms with van der Waals surface area (Å²) in [4.78, 5) is 14.9. The molecule has 0 aliphatic heterocycles. The molecule has 2 aromatic carbocycles. The Kier molecular flexibility index (Phi) is 3.37. The number of hydrogen-bond donors (Lipinski definition) is 1. The molecule has 1 heterocycles. The van der Waals surface area contributed by atoms with E-state index < -0.39 is 4.92 Å².